The minimum atomic E-state index is -1.49. The summed E-state index contributed by atoms with van der Waals surface area (Å²) in [5, 5.41) is 17.6. The van der Waals surface area contributed by atoms with Crippen molar-refractivity contribution >= 4 is 5.97 Å². The van der Waals surface area contributed by atoms with E-state index in [0.717, 1.165) is 5.56 Å². The fraction of sp³-hybridized carbons (Fsp3) is 0.462. The molecule has 1 atom stereocenters. The highest BCUT2D eigenvalue weighted by Crippen LogP contribution is 2.24. The Labute approximate surface area is 101 Å². The zero-order valence-corrected chi connectivity index (χ0v) is 10.3. The van der Waals surface area contributed by atoms with Crippen LogP contribution in [-0.2, 0) is 10.2 Å². The van der Waals surface area contributed by atoms with E-state index in [2.05, 4.69) is 20.8 Å². The maximum absolute atomic E-state index is 11.2. The molecule has 1 aromatic rings. The van der Waals surface area contributed by atoms with Crippen molar-refractivity contribution in [2.45, 2.75) is 32.3 Å². The van der Waals surface area contributed by atoms with E-state index in [4.69, 9.17) is 14.9 Å². The van der Waals surface area contributed by atoms with Gasteiger partial charge in [0.1, 0.15) is 5.75 Å². The van der Waals surface area contributed by atoms with Gasteiger partial charge in [-0.2, -0.15) is 0 Å². The predicted molar refractivity (Wildman–Crippen MR) is 63.9 cm³/mol. The van der Waals surface area contributed by atoms with Crippen LogP contribution in [0.3, 0.4) is 0 Å². The van der Waals surface area contributed by atoms with E-state index < -0.39 is 18.7 Å². The second-order valence-electron chi connectivity index (χ2n) is 4.89. The van der Waals surface area contributed by atoms with Crippen LogP contribution in [0.4, 0.5) is 0 Å². The number of hydrogen-bond acceptors (Lipinski definition) is 4. The zero-order chi connectivity index (χ0) is 13.1. The minimum absolute atomic E-state index is 0.0349. The Morgan fingerprint density at radius 2 is 1.82 bits per heavy atom. The lowest BCUT2D eigenvalue weighted by molar-refractivity contribution is -0.145. The van der Waals surface area contributed by atoms with Crippen molar-refractivity contribution in [3.8, 4) is 5.75 Å². The number of rotatable bonds is 3. The highest BCUT2D eigenvalue weighted by Gasteiger charge is 2.17. The summed E-state index contributed by atoms with van der Waals surface area (Å²) >= 11 is 0. The molecule has 0 bridgehead atoms. The summed E-state index contributed by atoms with van der Waals surface area (Å²) < 4.78 is 4.89. The van der Waals surface area contributed by atoms with Crippen molar-refractivity contribution in [3.05, 3.63) is 29.8 Å². The number of benzene rings is 1. The number of aliphatic hydroxyl groups is 2. The van der Waals surface area contributed by atoms with Gasteiger partial charge in [-0.05, 0) is 23.1 Å². The van der Waals surface area contributed by atoms with E-state index in [9.17, 15) is 4.79 Å². The van der Waals surface area contributed by atoms with Crippen LogP contribution >= 0.6 is 0 Å². The average molecular weight is 238 g/mol. The second-order valence-corrected chi connectivity index (χ2v) is 4.89. The number of aliphatic hydroxyl groups excluding tert-OH is 2. The molecule has 0 aliphatic carbocycles. The fourth-order valence-electron chi connectivity index (χ4n) is 1.28. The molecule has 17 heavy (non-hydrogen) atoms. The van der Waals surface area contributed by atoms with Gasteiger partial charge in [-0.25, -0.2) is 4.79 Å². The number of hydrogen-bond donors (Lipinski definition) is 2. The number of carbonyl (C=O) groups is 1. The van der Waals surface area contributed by atoms with E-state index >= 15 is 0 Å². The topological polar surface area (TPSA) is 66.8 Å². The molecular weight excluding hydrogens is 220 g/mol. The Kier molecular flexibility index (Phi) is 4.26. The summed E-state index contributed by atoms with van der Waals surface area (Å²) in [6.07, 6.45) is -1.49. The average Bonchev–Trinajstić information content (AvgIpc) is 2.27. The Morgan fingerprint density at radius 3 is 2.24 bits per heavy atom. The van der Waals surface area contributed by atoms with E-state index in [-0.39, 0.29) is 5.41 Å². The van der Waals surface area contributed by atoms with Crippen LogP contribution < -0.4 is 4.74 Å². The van der Waals surface area contributed by atoms with E-state index in [1.54, 1.807) is 12.1 Å². The van der Waals surface area contributed by atoms with Gasteiger partial charge in [0.15, 0.2) is 6.10 Å². The van der Waals surface area contributed by atoms with E-state index in [0.29, 0.717) is 5.75 Å². The van der Waals surface area contributed by atoms with Crippen LogP contribution in [0.15, 0.2) is 24.3 Å². The van der Waals surface area contributed by atoms with Crippen LogP contribution in [0.5, 0.6) is 5.75 Å². The lowest BCUT2D eigenvalue weighted by atomic mass is 9.87. The molecule has 0 spiro atoms. The van der Waals surface area contributed by atoms with Gasteiger partial charge in [-0.15, -0.1) is 0 Å². The van der Waals surface area contributed by atoms with Crippen molar-refractivity contribution in [2.75, 3.05) is 6.61 Å². The summed E-state index contributed by atoms with van der Waals surface area (Å²) in [4.78, 5) is 11.2. The van der Waals surface area contributed by atoms with Crippen molar-refractivity contribution in [3.63, 3.8) is 0 Å². The smallest absolute Gasteiger partial charge is 0.342 e. The first-order valence-corrected chi connectivity index (χ1v) is 5.46. The minimum Gasteiger partial charge on any atom is -0.425 e. The molecule has 0 fully saturated rings. The third kappa shape index (κ3) is 3.84. The Hall–Kier alpha value is -1.39. The van der Waals surface area contributed by atoms with Gasteiger partial charge >= 0.3 is 5.97 Å². The SMILES string of the molecule is CC(C)(C)c1ccc(OC(=O)C(O)CO)cc1. The van der Waals surface area contributed by atoms with Gasteiger partial charge < -0.3 is 14.9 Å². The molecule has 4 heteroatoms. The molecule has 1 rings (SSSR count). The van der Waals surface area contributed by atoms with Crippen LogP contribution in [-0.4, -0.2) is 28.9 Å². The molecule has 1 aromatic carbocycles. The van der Waals surface area contributed by atoms with E-state index in [1.165, 1.54) is 0 Å². The molecule has 0 aliphatic rings. The molecule has 0 amide bonds. The molecule has 1 unspecified atom stereocenters. The monoisotopic (exact) mass is 238 g/mol. The maximum Gasteiger partial charge on any atom is 0.342 e. The second kappa shape index (κ2) is 5.29. The number of esters is 1. The van der Waals surface area contributed by atoms with Gasteiger partial charge in [-0.1, -0.05) is 32.9 Å². The summed E-state index contributed by atoms with van der Waals surface area (Å²) in [6, 6.07) is 7.08. The first-order valence-electron chi connectivity index (χ1n) is 5.46. The molecular formula is C13H18O4. The number of carbonyl (C=O) groups excluding carboxylic acids is 1. The molecule has 2 N–H and O–H groups in total. The van der Waals surface area contributed by atoms with Crippen LogP contribution in [0.2, 0.25) is 0 Å². The van der Waals surface area contributed by atoms with Crippen LogP contribution in [0, 0.1) is 0 Å². The molecule has 0 saturated heterocycles. The quantitative estimate of drug-likeness (QED) is 0.614. The van der Waals surface area contributed by atoms with Crippen molar-refractivity contribution in [2.24, 2.45) is 0 Å². The van der Waals surface area contributed by atoms with Gasteiger partial charge in [0.05, 0.1) is 6.61 Å². The first-order chi connectivity index (χ1) is 7.84. The Bertz CT molecular complexity index is 375. The molecule has 94 valence electrons. The van der Waals surface area contributed by atoms with Gasteiger partial charge in [0, 0.05) is 0 Å². The molecule has 0 heterocycles. The third-order valence-corrected chi connectivity index (χ3v) is 2.38. The van der Waals surface area contributed by atoms with Crippen molar-refractivity contribution in [1.29, 1.82) is 0 Å². The third-order valence-electron chi connectivity index (χ3n) is 2.38. The summed E-state index contributed by atoms with van der Waals surface area (Å²) in [6.45, 7) is 5.62. The maximum atomic E-state index is 11.2. The highest BCUT2D eigenvalue weighted by atomic mass is 16.6. The van der Waals surface area contributed by atoms with Gasteiger partial charge in [0.25, 0.3) is 0 Å². The van der Waals surface area contributed by atoms with Gasteiger partial charge in [-0.3, -0.25) is 0 Å². The lowest BCUT2D eigenvalue weighted by Crippen LogP contribution is -2.28. The van der Waals surface area contributed by atoms with E-state index in [1.807, 2.05) is 12.1 Å². The fourth-order valence-corrected chi connectivity index (χ4v) is 1.28. The highest BCUT2D eigenvalue weighted by molar-refractivity contribution is 5.77. The van der Waals surface area contributed by atoms with Gasteiger partial charge in [0.2, 0.25) is 0 Å². The summed E-state index contributed by atoms with van der Waals surface area (Å²) in [5.41, 5.74) is 1.16. The molecule has 4 nitrogen and oxygen atoms in total. The molecule has 0 aromatic heterocycles. The van der Waals surface area contributed by atoms with Crippen LogP contribution in [0.1, 0.15) is 26.3 Å². The lowest BCUT2D eigenvalue weighted by Gasteiger charge is -2.19. The summed E-state index contributed by atoms with van der Waals surface area (Å²) in [5.74, 6) is -0.494. The van der Waals surface area contributed by atoms with Crippen LogP contribution in [0.25, 0.3) is 0 Å². The Morgan fingerprint density at radius 1 is 1.29 bits per heavy atom. The van der Waals surface area contributed by atoms with Crippen molar-refractivity contribution in [1.82, 2.24) is 0 Å². The molecule has 0 radical (unpaired) electrons. The summed E-state index contributed by atoms with van der Waals surface area (Å²) in [7, 11) is 0. The normalized spacial score (nSPS) is 13.2. The zero-order valence-electron chi connectivity index (χ0n) is 10.3. The Balaban J connectivity index is 2.73. The predicted octanol–water partition coefficient (Wildman–Crippen LogP) is 1.24. The van der Waals surface area contributed by atoms with Crippen molar-refractivity contribution < 1.29 is 19.7 Å². The number of ether oxygens (including phenoxy) is 1. The standard InChI is InChI=1S/C13H18O4/c1-13(2,3)9-4-6-10(7-5-9)17-12(16)11(15)8-14/h4-7,11,14-15H,8H2,1-3H3. The first kappa shape index (κ1) is 13.7. The largest absolute Gasteiger partial charge is 0.425 e. The molecule has 0 saturated carbocycles. The molecule has 0 aliphatic heterocycles.